The molecule has 6 fully saturated rings. The van der Waals surface area contributed by atoms with Gasteiger partial charge in [-0.2, -0.15) is 0 Å². The minimum atomic E-state index is -0.990. The van der Waals surface area contributed by atoms with E-state index in [-0.39, 0.29) is 16.2 Å². The van der Waals surface area contributed by atoms with Crippen molar-refractivity contribution in [3.8, 4) is 54.3 Å². The summed E-state index contributed by atoms with van der Waals surface area (Å²) in [7, 11) is 0. The minimum Gasteiger partial charge on any atom is -0.489 e. The highest BCUT2D eigenvalue weighted by Crippen LogP contribution is 2.67. The molecule has 6 heteroatoms. The summed E-state index contributed by atoms with van der Waals surface area (Å²) in [5.74, 6) is 15.7. The second-order valence-electron chi connectivity index (χ2n) is 26.4. The highest BCUT2D eigenvalue weighted by atomic mass is 16.5. The maximum atomic E-state index is 11.5. The summed E-state index contributed by atoms with van der Waals surface area (Å²) in [6.45, 7) is 8.05. The van der Waals surface area contributed by atoms with Crippen molar-refractivity contribution in [3.05, 3.63) is 123 Å². The molecule has 4 aromatic carbocycles. The lowest BCUT2D eigenvalue weighted by molar-refractivity contribution is -0.0647. The van der Waals surface area contributed by atoms with E-state index in [4.69, 9.17) is 33.5 Å². The number of hydrogen-bond donors (Lipinski definition) is 3. The van der Waals surface area contributed by atoms with Crippen LogP contribution in [0.1, 0.15) is 185 Å². The lowest BCUT2D eigenvalue weighted by Crippen LogP contribution is -2.50. The Morgan fingerprint density at radius 3 is 0.987 bits per heavy atom. The van der Waals surface area contributed by atoms with Gasteiger partial charge in [0, 0.05) is 16.2 Å². The van der Waals surface area contributed by atoms with Gasteiger partial charge in [-0.1, -0.05) is 56.7 Å². The van der Waals surface area contributed by atoms with E-state index in [2.05, 4.69) is 111 Å². The smallest absolute Gasteiger partial charge is 0.130 e. The third-order valence-corrected chi connectivity index (χ3v) is 23.6. The first-order chi connectivity index (χ1) is 36.1. The number of fused-ring (bicyclic) bond motifs is 15. The molecule has 3 N–H and O–H groups in total. The fourth-order valence-electron chi connectivity index (χ4n) is 19.3. The Balaban J connectivity index is 0.719. The van der Waals surface area contributed by atoms with Gasteiger partial charge in [-0.15, -0.1) is 19.3 Å². The average Bonchev–Trinajstić information content (AvgIpc) is 3.99. The van der Waals surface area contributed by atoms with E-state index in [9.17, 15) is 15.3 Å². The lowest BCUT2D eigenvalue weighted by Gasteiger charge is -2.52. The summed E-state index contributed by atoms with van der Waals surface area (Å²) in [4.78, 5) is 0. The standard InChI is InChI=1S/C69H78O6/c1-7-67(70)31-25-61-58-16-10-46-37-49(13-19-52(46)55(58)22-28-64(61,67)4)73-40-43-34-44(41-74-50-14-20-53-47(38-50)11-17-59-56(53)23-29-65(5)62(59)26-32-68(65,71)8-2)36-45(35-43)42-75-51-15-21-54-48(39-51)12-18-60-57(54)24-30-66(6)63(60)27-33-69(66,72)9-3/h1-3,13-15,19-21,34-39,55-63,70-72H,10-12,16-18,22-33,40-42H2,4-6H3/t55-,56-,57-,58-,59-,60-,61+,62+,63+,64+,65+,66+,67+,68+,69+/m1/s1. The number of terminal acetylenes is 3. The average molecular weight is 1000 g/mol. The van der Waals surface area contributed by atoms with Crippen LogP contribution >= 0.6 is 0 Å². The van der Waals surface area contributed by atoms with Crippen LogP contribution in [0.4, 0.5) is 0 Å². The highest BCUT2D eigenvalue weighted by Gasteiger charge is 2.64. The van der Waals surface area contributed by atoms with E-state index in [0.717, 1.165) is 130 Å². The summed E-state index contributed by atoms with van der Waals surface area (Å²) < 4.78 is 20.1. The van der Waals surface area contributed by atoms with Gasteiger partial charge in [0.25, 0.3) is 0 Å². The van der Waals surface area contributed by atoms with E-state index < -0.39 is 16.8 Å². The van der Waals surface area contributed by atoms with Crippen LogP contribution in [0.3, 0.4) is 0 Å². The maximum absolute atomic E-state index is 11.5. The van der Waals surface area contributed by atoms with Crippen molar-refractivity contribution in [2.75, 3.05) is 0 Å². The van der Waals surface area contributed by atoms with E-state index in [0.29, 0.717) is 92.3 Å². The van der Waals surface area contributed by atoms with Crippen LogP contribution in [-0.4, -0.2) is 32.1 Å². The number of aliphatic hydroxyl groups is 3. The molecule has 0 aromatic heterocycles. The third kappa shape index (κ3) is 7.55. The van der Waals surface area contributed by atoms with Crippen LogP contribution in [0, 0.1) is 88.8 Å². The Kier molecular flexibility index (Phi) is 11.8. The van der Waals surface area contributed by atoms with Gasteiger partial charge in [-0.05, 0) is 274 Å². The Morgan fingerprint density at radius 2 is 0.707 bits per heavy atom. The van der Waals surface area contributed by atoms with Crippen molar-refractivity contribution in [3.63, 3.8) is 0 Å². The third-order valence-electron chi connectivity index (χ3n) is 23.6. The summed E-state index contributed by atoms with van der Waals surface area (Å²) in [5, 5.41) is 34.4. The van der Waals surface area contributed by atoms with Crippen molar-refractivity contribution >= 4 is 0 Å². The summed E-state index contributed by atoms with van der Waals surface area (Å²) in [6.07, 6.45) is 35.6. The van der Waals surface area contributed by atoms with Crippen molar-refractivity contribution in [1.82, 2.24) is 0 Å². The Morgan fingerprint density at radius 1 is 0.413 bits per heavy atom. The Bertz CT molecular complexity index is 2730. The zero-order valence-electron chi connectivity index (χ0n) is 44.8. The van der Waals surface area contributed by atoms with E-state index in [1.54, 1.807) is 0 Å². The first kappa shape index (κ1) is 49.4. The zero-order chi connectivity index (χ0) is 51.7. The van der Waals surface area contributed by atoms with E-state index >= 15 is 0 Å². The van der Waals surface area contributed by atoms with Crippen LogP contribution in [0.5, 0.6) is 17.2 Å². The highest BCUT2D eigenvalue weighted by molar-refractivity contribution is 5.45. The molecular formula is C69H78O6. The number of aryl methyl sites for hydroxylation is 3. The number of ether oxygens (including phenoxy) is 3. The van der Waals surface area contributed by atoms with Gasteiger partial charge >= 0.3 is 0 Å². The van der Waals surface area contributed by atoms with Crippen molar-refractivity contribution in [2.45, 2.75) is 191 Å². The monoisotopic (exact) mass is 1000 g/mol. The molecule has 15 atom stereocenters. The molecule has 9 aliphatic carbocycles. The molecule has 0 amide bonds. The normalized spacial score (nSPS) is 39.5. The molecule has 0 saturated heterocycles. The molecule has 0 aliphatic heterocycles. The van der Waals surface area contributed by atoms with Crippen LogP contribution < -0.4 is 14.2 Å². The number of hydrogen-bond acceptors (Lipinski definition) is 6. The molecular weight excluding hydrogens is 925 g/mol. The van der Waals surface area contributed by atoms with Crippen LogP contribution in [0.25, 0.3) is 0 Å². The first-order valence-corrected chi connectivity index (χ1v) is 29.1. The molecule has 0 heterocycles. The minimum absolute atomic E-state index is 0.205. The number of benzene rings is 4. The van der Waals surface area contributed by atoms with E-state index in [1.807, 2.05) is 0 Å². The SMILES string of the molecule is C#C[C@]1(O)CC[C@H]2[C@@H]3CCc4cc(OCc5cc(COc6ccc7c(c6)CC[C@@H]6[C@@H]7CC[C@@]7(C)[C@H]6CC[C@@]7(O)C#C)cc(COc6ccc7c(c6)CC[C@@H]6[C@@H]7CC[C@@]7(C)[C@H]6CC[C@@]7(O)C#C)c5)ccc4[C@H]3CC[C@@]21C. The maximum Gasteiger partial charge on any atom is 0.130 e. The fraction of sp³-hybridized carbons (Fsp3) is 0.565. The largest absolute Gasteiger partial charge is 0.489 e. The predicted octanol–water partition coefficient (Wildman–Crippen LogP) is 13.1. The summed E-state index contributed by atoms with van der Waals surface area (Å²) in [5.41, 5.74) is 8.22. The zero-order valence-corrected chi connectivity index (χ0v) is 44.8. The van der Waals surface area contributed by atoms with Gasteiger partial charge < -0.3 is 29.5 Å². The molecule has 0 spiro atoms. The molecule has 0 bridgehead atoms. The Labute approximate surface area is 447 Å². The van der Waals surface area contributed by atoms with Crippen molar-refractivity contribution in [1.29, 1.82) is 0 Å². The lowest BCUT2D eigenvalue weighted by atomic mass is 9.53. The van der Waals surface area contributed by atoms with Crippen LogP contribution in [0.15, 0.2) is 72.8 Å². The van der Waals surface area contributed by atoms with Gasteiger partial charge in [0.05, 0.1) is 0 Å². The van der Waals surface area contributed by atoms with Gasteiger partial charge in [0.15, 0.2) is 0 Å². The topological polar surface area (TPSA) is 88.4 Å². The molecule has 9 aliphatic rings. The molecule has 13 rings (SSSR count). The van der Waals surface area contributed by atoms with Crippen molar-refractivity contribution < 1.29 is 29.5 Å². The van der Waals surface area contributed by atoms with Gasteiger partial charge in [0.2, 0.25) is 0 Å². The second-order valence-corrected chi connectivity index (χ2v) is 26.4. The fourth-order valence-corrected chi connectivity index (χ4v) is 19.3. The summed E-state index contributed by atoms with van der Waals surface area (Å²) in [6, 6.07) is 27.0. The molecule has 0 radical (unpaired) electrons. The van der Waals surface area contributed by atoms with Crippen molar-refractivity contribution in [2.24, 2.45) is 51.8 Å². The van der Waals surface area contributed by atoms with Gasteiger partial charge in [0.1, 0.15) is 53.9 Å². The quantitative estimate of drug-likeness (QED) is 0.145. The molecule has 75 heavy (non-hydrogen) atoms. The van der Waals surface area contributed by atoms with Crippen LogP contribution in [-0.2, 0) is 39.1 Å². The van der Waals surface area contributed by atoms with E-state index in [1.165, 1.54) is 33.4 Å². The van der Waals surface area contributed by atoms with Crippen LogP contribution in [0.2, 0.25) is 0 Å². The second kappa shape index (κ2) is 18.0. The van der Waals surface area contributed by atoms with Gasteiger partial charge in [-0.25, -0.2) is 0 Å². The molecule has 6 saturated carbocycles. The molecule has 6 nitrogen and oxygen atoms in total. The predicted molar refractivity (Wildman–Crippen MR) is 294 cm³/mol. The molecule has 390 valence electrons. The molecule has 4 aromatic rings. The number of rotatable bonds is 9. The summed E-state index contributed by atoms with van der Waals surface area (Å²) >= 11 is 0. The molecule has 0 unspecified atom stereocenters. The first-order valence-electron chi connectivity index (χ1n) is 29.1. The van der Waals surface area contributed by atoms with Gasteiger partial charge in [-0.3, -0.25) is 0 Å². The Hall–Kier alpha value is -5.16.